The van der Waals surface area contributed by atoms with E-state index in [1.54, 1.807) is 18.0 Å². The van der Waals surface area contributed by atoms with E-state index in [1.165, 1.54) is 0 Å². The Hall–Kier alpha value is -1.88. The first kappa shape index (κ1) is 16.0. The van der Waals surface area contributed by atoms with Crippen LogP contribution < -0.4 is 16.0 Å². The van der Waals surface area contributed by atoms with Crippen LogP contribution in [0.15, 0.2) is 24.3 Å². The number of amides is 2. The molecule has 0 radical (unpaired) electrons. The van der Waals surface area contributed by atoms with E-state index in [4.69, 9.17) is 5.73 Å². The van der Waals surface area contributed by atoms with Gasteiger partial charge in [-0.05, 0) is 50.3 Å². The van der Waals surface area contributed by atoms with Crippen LogP contribution in [0.25, 0.3) is 0 Å². The van der Waals surface area contributed by atoms with Crippen molar-refractivity contribution in [2.75, 3.05) is 18.5 Å². The van der Waals surface area contributed by atoms with Gasteiger partial charge in [-0.2, -0.15) is 0 Å². The summed E-state index contributed by atoms with van der Waals surface area (Å²) in [6.07, 6.45) is 5.07. The largest absolute Gasteiger partial charge is 0.349 e. The lowest BCUT2D eigenvalue weighted by Gasteiger charge is -2.23. The molecule has 1 aromatic carbocycles. The van der Waals surface area contributed by atoms with Crippen molar-refractivity contribution in [1.29, 1.82) is 0 Å². The van der Waals surface area contributed by atoms with E-state index in [0.29, 0.717) is 23.7 Å². The van der Waals surface area contributed by atoms with Gasteiger partial charge in [-0.15, -0.1) is 0 Å². The third kappa shape index (κ3) is 3.39. The van der Waals surface area contributed by atoms with Gasteiger partial charge in [0.1, 0.15) is 0 Å². The van der Waals surface area contributed by atoms with E-state index >= 15 is 0 Å². The van der Waals surface area contributed by atoms with Crippen LogP contribution in [0, 0.1) is 11.8 Å². The van der Waals surface area contributed by atoms with Crippen LogP contribution in [0.4, 0.5) is 5.69 Å². The number of hydrogen-bond acceptors (Lipinski definition) is 3. The molecule has 0 heterocycles. The molecule has 3 rings (SSSR count). The lowest BCUT2D eigenvalue weighted by atomic mass is 10.0. The predicted molar refractivity (Wildman–Crippen MR) is 90.2 cm³/mol. The zero-order valence-electron chi connectivity index (χ0n) is 13.6. The van der Waals surface area contributed by atoms with Crippen molar-refractivity contribution in [1.82, 2.24) is 5.32 Å². The number of para-hydroxylation sites is 1. The molecule has 1 aromatic rings. The van der Waals surface area contributed by atoms with Crippen molar-refractivity contribution in [3.8, 4) is 0 Å². The number of benzene rings is 1. The number of carbonyl (C=O) groups excluding carboxylic acids is 2. The van der Waals surface area contributed by atoms with Gasteiger partial charge in [0.15, 0.2) is 0 Å². The van der Waals surface area contributed by atoms with Gasteiger partial charge in [0, 0.05) is 19.0 Å². The number of rotatable bonds is 5. The van der Waals surface area contributed by atoms with Crippen molar-refractivity contribution < 1.29 is 9.59 Å². The second-order valence-corrected chi connectivity index (χ2v) is 6.70. The fourth-order valence-corrected chi connectivity index (χ4v) is 3.44. The highest BCUT2D eigenvalue weighted by Crippen LogP contribution is 2.33. The summed E-state index contributed by atoms with van der Waals surface area (Å²) < 4.78 is 0. The summed E-state index contributed by atoms with van der Waals surface area (Å²) >= 11 is 0. The normalized spacial score (nSPS) is 23.6. The molecule has 0 aromatic heterocycles. The van der Waals surface area contributed by atoms with Crippen LogP contribution in [0.1, 0.15) is 42.5 Å². The van der Waals surface area contributed by atoms with Crippen LogP contribution in [0.5, 0.6) is 0 Å². The fraction of sp³-hybridized carbons (Fsp3) is 0.556. The van der Waals surface area contributed by atoms with E-state index in [1.807, 2.05) is 18.2 Å². The molecule has 2 aliphatic rings. The fourth-order valence-electron chi connectivity index (χ4n) is 3.44. The molecule has 2 atom stereocenters. The molecule has 2 aliphatic carbocycles. The minimum absolute atomic E-state index is 0.103. The van der Waals surface area contributed by atoms with Gasteiger partial charge in [-0.1, -0.05) is 18.6 Å². The minimum Gasteiger partial charge on any atom is -0.349 e. The molecule has 5 heteroatoms. The summed E-state index contributed by atoms with van der Waals surface area (Å²) in [7, 11) is 1.75. The Kier molecular flexibility index (Phi) is 4.66. The molecular formula is C18H25N3O2. The number of hydrogen-bond donors (Lipinski definition) is 2. The first-order valence-corrected chi connectivity index (χ1v) is 8.49. The second kappa shape index (κ2) is 6.71. The number of nitrogens with two attached hydrogens (primary N) is 1. The zero-order chi connectivity index (χ0) is 16.4. The summed E-state index contributed by atoms with van der Waals surface area (Å²) in [6, 6.07) is 7.46. The van der Waals surface area contributed by atoms with E-state index in [9.17, 15) is 9.59 Å². The highest BCUT2D eigenvalue weighted by Gasteiger charge is 2.34. The summed E-state index contributed by atoms with van der Waals surface area (Å²) in [5, 5.41) is 3.12. The Morgan fingerprint density at radius 2 is 1.96 bits per heavy atom. The van der Waals surface area contributed by atoms with E-state index in [2.05, 4.69) is 5.32 Å². The number of nitrogens with one attached hydrogen (secondary N) is 1. The average Bonchev–Trinajstić information content (AvgIpc) is 3.33. The van der Waals surface area contributed by atoms with Crippen molar-refractivity contribution >= 4 is 17.5 Å². The summed E-state index contributed by atoms with van der Waals surface area (Å²) in [6.45, 7) is 0.604. The molecule has 0 aliphatic heterocycles. The number of carbonyl (C=O) groups is 2. The maximum atomic E-state index is 12.7. The Morgan fingerprint density at radius 1 is 1.22 bits per heavy atom. The molecular weight excluding hydrogens is 290 g/mol. The van der Waals surface area contributed by atoms with E-state index in [0.717, 1.165) is 32.1 Å². The van der Waals surface area contributed by atoms with Gasteiger partial charge in [0.25, 0.3) is 5.91 Å². The highest BCUT2D eigenvalue weighted by atomic mass is 16.2. The molecule has 0 saturated heterocycles. The lowest BCUT2D eigenvalue weighted by molar-refractivity contribution is -0.119. The van der Waals surface area contributed by atoms with Crippen LogP contribution in [-0.4, -0.2) is 31.4 Å². The van der Waals surface area contributed by atoms with Gasteiger partial charge in [0.2, 0.25) is 5.91 Å². The molecule has 3 N–H and O–H groups in total. The van der Waals surface area contributed by atoms with Gasteiger partial charge < -0.3 is 16.0 Å². The topological polar surface area (TPSA) is 75.4 Å². The third-order valence-electron chi connectivity index (χ3n) is 5.05. The summed E-state index contributed by atoms with van der Waals surface area (Å²) in [5.41, 5.74) is 7.04. The maximum absolute atomic E-state index is 12.7. The SMILES string of the molecule is CN(C(=O)C1CC1)c1ccccc1C(=O)NC1CCCC1CN. The van der Waals surface area contributed by atoms with Crippen molar-refractivity contribution in [3.05, 3.63) is 29.8 Å². The third-order valence-corrected chi connectivity index (χ3v) is 5.05. The van der Waals surface area contributed by atoms with Gasteiger partial charge >= 0.3 is 0 Å². The molecule has 0 bridgehead atoms. The standard InChI is InChI=1S/C18H25N3O2/c1-21(18(23)12-9-10-12)16-8-3-2-6-14(16)17(22)20-15-7-4-5-13(15)11-19/h2-3,6,8,12-13,15H,4-5,7,9-11,19H2,1H3,(H,20,22). The molecule has 2 fully saturated rings. The van der Waals surface area contributed by atoms with Crippen LogP contribution in [0.2, 0.25) is 0 Å². The number of anilines is 1. The smallest absolute Gasteiger partial charge is 0.253 e. The Bertz CT molecular complexity index is 598. The predicted octanol–water partition coefficient (Wildman–Crippen LogP) is 1.92. The molecule has 124 valence electrons. The first-order chi connectivity index (χ1) is 11.1. The van der Waals surface area contributed by atoms with Crippen LogP contribution in [0.3, 0.4) is 0 Å². The van der Waals surface area contributed by atoms with Gasteiger partial charge in [0.05, 0.1) is 11.3 Å². The Balaban J connectivity index is 1.76. The quantitative estimate of drug-likeness (QED) is 0.871. The highest BCUT2D eigenvalue weighted by molar-refractivity contribution is 6.05. The molecule has 2 saturated carbocycles. The van der Waals surface area contributed by atoms with Crippen molar-refractivity contribution in [2.24, 2.45) is 17.6 Å². The van der Waals surface area contributed by atoms with Gasteiger partial charge in [-0.25, -0.2) is 0 Å². The Labute approximate surface area is 137 Å². The summed E-state index contributed by atoms with van der Waals surface area (Å²) in [4.78, 5) is 26.6. The molecule has 23 heavy (non-hydrogen) atoms. The molecule has 2 amide bonds. The average molecular weight is 315 g/mol. The zero-order valence-corrected chi connectivity index (χ0v) is 13.6. The van der Waals surface area contributed by atoms with Gasteiger partial charge in [-0.3, -0.25) is 9.59 Å². The van der Waals surface area contributed by atoms with Crippen molar-refractivity contribution in [2.45, 2.75) is 38.1 Å². The first-order valence-electron chi connectivity index (χ1n) is 8.49. The maximum Gasteiger partial charge on any atom is 0.253 e. The van der Waals surface area contributed by atoms with Crippen molar-refractivity contribution in [3.63, 3.8) is 0 Å². The van der Waals surface area contributed by atoms with E-state index in [-0.39, 0.29) is 23.8 Å². The van der Waals surface area contributed by atoms with E-state index < -0.39 is 0 Å². The molecule has 2 unspecified atom stereocenters. The molecule has 0 spiro atoms. The van der Waals surface area contributed by atoms with Crippen LogP contribution in [-0.2, 0) is 4.79 Å². The second-order valence-electron chi connectivity index (χ2n) is 6.70. The minimum atomic E-state index is -0.110. The Morgan fingerprint density at radius 3 is 2.65 bits per heavy atom. The monoisotopic (exact) mass is 315 g/mol. The molecule has 5 nitrogen and oxygen atoms in total. The lowest BCUT2D eigenvalue weighted by Crippen LogP contribution is -2.40. The van der Waals surface area contributed by atoms with Crippen LogP contribution >= 0.6 is 0 Å². The number of nitrogens with zero attached hydrogens (tertiary/aromatic N) is 1. The summed E-state index contributed by atoms with van der Waals surface area (Å²) in [5.74, 6) is 0.483.